The Morgan fingerprint density at radius 3 is 2.60 bits per heavy atom. The number of benzene rings is 1. The van der Waals surface area contributed by atoms with Gasteiger partial charge in [-0.3, -0.25) is 4.90 Å². The summed E-state index contributed by atoms with van der Waals surface area (Å²) in [7, 11) is 0. The van der Waals surface area contributed by atoms with E-state index >= 15 is 0 Å². The number of nitrogens with zero attached hydrogens (tertiary/aromatic N) is 1. The predicted molar refractivity (Wildman–Crippen MR) is 84.1 cm³/mol. The minimum absolute atomic E-state index is 0.312. The third kappa shape index (κ3) is 3.22. The lowest BCUT2D eigenvalue weighted by atomic mass is 9.94. The fourth-order valence-electron chi connectivity index (χ4n) is 3.09. The molecule has 2 rings (SSSR count). The first-order chi connectivity index (χ1) is 9.56. The quantitative estimate of drug-likeness (QED) is 0.919. The maximum atomic E-state index is 6.10. The highest BCUT2D eigenvalue weighted by Crippen LogP contribution is 2.27. The maximum Gasteiger partial charge on any atom is 0.0700 e. The van der Waals surface area contributed by atoms with Crippen LogP contribution in [-0.2, 0) is 4.74 Å². The summed E-state index contributed by atoms with van der Waals surface area (Å²) in [6, 6.07) is 4.91. The van der Waals surface area contributed by atoms with Gasteiger partial charge < -0.3 is 10.5 Å². The summed E-state index contributed by atoms with van der Waals surface area (Å²) in [4.78, 5) is 2.49. The van der Waals surface area contributed by atoms with Gasteiger partial charge in [-0.15, -0.1) is 0 Å². The highest BCUT2D eigenvalue weighted by Gasteiger charge is 2.26. The Morgan fingerprint density at radius 2 is 1.95 bits per heavy atom. The van der Waals surface area contributed by atoms with E-state index in [-0.39, 0.29) is 0 Å². The summed E-state index contributed by atoms with van der Waals surface area (Å²) in [6.07, 6.45) is 1.42. The van der Waals surface area contributed by atoms with Gasteiger partial charge in [-0.2, -0.15) is 0 Å². The molecule has 112 valence electrons. The van der Waals surface area contributed by atoms with Crippen LogP contribution < -0.4 is 5.73 Å². The van der Waals surface area contributed by atoms with E-state index < -0.39 is 0 Å². The van der Waals surface area contributed by atoms with Gasteiger partial charge in [-0.25, -0.2) is 0 Å². The molecule has 2 unspecified atom stereocenters. The molecule has 0 aromatic heterocycles. The van der Waals surface area contributed by atoms with Crippen molar-refractivity contribution in [2.24, 2.45) is 5.73 Å². The Hall–Kier alpha value is -0.900. The average Bonchev–Trinajstić information content (AvgIpc) is 2.45. The standard InChI is InChI=1S/C17H28N2O/c1-5-15-11-19(6-7-20-15)17(10-18)16-9-13(3)12(2)8-14(16)4/h8-9,15,17H,5-7,10-11,18H2,1-4H3. The van der Waals surface area contributed by atoms with E-state index in [2.05, 4.69) is 44.7 Å². The fraction of sp³-hybridized carbons (Fsp3) is 0.647. The van der Waals surface area contributed by atoms with E-state index in [1.807, 2.05) is 0 Å². The number of nitrogens with two attached hydrogens (primary N) is 1. The Balaban J connectivity index is 2.25. The Morgan fingerprint density at radius 1 is 1.25 bits per heavy atom. The Kier molecular flexibility index (Phi) is 5.19. The van der Waals surface area contributed by atoms with Crippen LogP contribution in [0.3, 0.4) is 0 Å². The number of aryl methyl sites for hydroxylation is 3. The number of morpholine rings is 1. The van der Waals surface area contributed by atoms with Crippen molar-refractivity contribution in [1.82, 2.24) is 4.90 Å². The van der Waals surface area contributed by atoms with Crippen LogP contribution in [0.25, 0.3) is 0 Å². The zero-order valence-corrected chi connectivity index (χ0v) is 13.3. The number of hydrogen-bond acceptors (Lipinski definition) is 3. The lowest BCUT2D eigenvalue weighted by Crippen LogP contribution is -2.46. The SMILES string of the molecule is CCC1CN(C(CN)c2cc(C)c(C)cc2C)CCO1. The zero-order chi connectivity index (χ0) is 14.7. The van der Waals surface area contributed by atoms with E-state index in [1.54, 1.807) is 0 Å². The molecule has 1 aliphatic heterocycles. The largest absolute Gasteiger partial charge is 0.376 e. The van der Waals surface area contributed by atoms with Crippen LogP contribution in [0.5, 0.6) is 0 Å². The third-order valence-corrected chi connectivity index (χ3v) is 4.53. The minimum Gasteiger partial charge on any atom is -0.376 e. The van der Waals surface area contributed by atoms with Crippen LogP contribution in [0, 0.1) is 20.8 Å². The zero-order valence-electron chi connectivity index (χ0n) is 13.3. The molecule has 0 saturated carbocycles. The van der Waals surface area contributed by atoms with E-state index in [9.17, 15) is 0 Å². The molecule has 0 aliphatic carbocycles. The van der Waals surface area contributed by atoms with Crippen LogP contribution in [-0.4, -0.2) is 37.2 Å². The highest BCUT2D eigenvalue weighted by molar-refractivity contribution is 5.38. The van der Waals surface area contributed by atoms with Crippen molar-refractivity contribution in [2.75, 3.05) is 26.2 Å². The number of rotatable bonds is 4. The third-order valence-electron chi connectivity index (χ3n) is 4.53. The smallest absolute Gasteiger partial charge is 0.0700 e. The molecule has 0 spiro atoms. The van der Waals surface area contributed by atoms with Gasteiger partial charge in [0.2, 0.25) is 0 Å². The summed E-state index contributed by atoms with van der Waals surface area (Å²) in [6.45, 7) is 12.2. The van der Waals surface area contributed by atoms with E-state index in [0.717, 1.165) is 26.1 Å². The molecule has 2 atom stereocenters. The van der Waals surface area contributed by atoms with Crippen molar-refractivity contribution >= 4 is 0 Å². The van der Waals surface area contributed by atoms with Gasteiger partial charge in [0.1, 0.15) is 0 Å². The monoisotopic (exact) mass is 276 g/mol. The molecule has 1 saturated heterocycles. The molecule has 3 nitrogen and oxygen atoms in total. The van der Waals surface area contributed by atoms with Gasteiger partial charge in [-0.1, -0.05) is 19.1 Å². The molecule has 1 heterocycles. The van der Waals surface area contributed by atoms with Crippen molar-refractivity contribution in [3.63, 3.8) is 0 Å². The van der Waals surface area contributed by atoms with Gasteiger partial charge >= 0.3 is 0 Å². The van der Waals surface area contributed by atoms with E-state index in [4.69, 9.17) is 10.5 Å². The summed E-state index contributed by atoms with van der Waals surface area (Å²) < 4.78 is 5.78. The van der Waals surface area contributed by atoms with E-state index in [0.29, 0.717) is 18.7 Å². The second-order valence-corrected chi connectivity index (χ2v) is 5.94. The molecular weight excluding hydrogens is 248 g/mol. The molecule has 0 amide bonds. The highest BCUT2D eigenvalue weighted by atomic mass is 16.5. The normalized spacial score (nSPS) is 21.9. The molecule has 1 aromatic carbocycles. The summed E-state index contributed by atoms with van der Waals surface area (Å²) >= 11 is 0. The predicted octanol–water partition coefficient (Wildman–Crippen LogP) is 2.72. The van der Waals surface area contributed by atoms with Crippen molar-refractivity contribution < 1.29 is 4.74 Å². The topological polar surface area (TPSA) is 38.5 Å². The first kappa shape index (κ1) is 15.5. The molecule has 2 N–H and O–H groups in total. The molecule has 0 radical (unpaired) electrons. The van der Waals surface area contributed by atoms with Gasteiger partial charge in [0.15, 0.2) is 0 Å². The van der Waals surface area contributed by atoms with Gasteiger partial charge in [0.25, 0.3) is 0 Å². The summed E-state index contributed by atoms with van der Waals surface area (Å²) in [5.41, 5.74) is 11.5. The summed E-state index contributed by atoms with van der Waals surface area (Å²) in [5.74, 6) is 0. The van der Waals surface area contributed by atoms with Crippen molar-refractivity contribution in [2.45, 2.75) is 46.3 Å². The minimum atomic E-state index is 0.312. The molecule has 1 aliphatic rings. The van der Waals surface area contributed by atoms with Crippen LogP contribution in [0.1, 0.15) is 41.6 Å². The molecule has 1 fully saturated rings. The number of ether oxygens (including phenoxy) is 1. The number of hydrogen-bond donors (Lipinski definition) is 1. The van der Waals surface area contributed by atoms with Crippen molar-refractivity contribution in [1.29, 1.82) is 0 Å². The average molecular weight is 276 g/mol. The molecule has 1 aromatic rings. The van der Waals surface area contributed by atoms with Crippen molar-refractivity contribution in [3.8, 4) is 0 Å². The first-order valence-electron chi connectivity index (χ1n) is 7.70. The van der Waals surface area contributed by atoms with Crippen molar-refractivity contribution in [3.05, 3.63) is 34.4 Å². The molecular formula is C17H28N2O. The fourth-order valence-corrected chi connectivity index (χ4v) is 3.09. The summed E-state index contributed by atoms with van der Waals surface area (Å²) in [5, 5.41) is 0. The van der Waals surface area contributed by atoms with Gasteiger partial charge in [0, 0.05) is 25.7 Å². The Labute approximate surface area is 123 Å². The van der Waals surface area contributed by atoms with Crippen LogP contribution in [0.4, 0.5) is 0 Å². The maximum absolute atomic E-state index is 6.10. The van der Waals surface area contributed by atoms with Crippen LogP contribution in [0.15, 0.2) is 12.1 Å². The second-order valence-electron chi connectivity index (χ2n) is 5.94. The van der Waals surface area contributed by atoms with E-state index in [1.165, 1.54) is 22.3 Å². The van der Waals surface area contributed by atoms with Gasteiger partial charge in [0.05, 0.1) is 12.7 Å². The first-order valence-corrected chi connectivity index (χ1v) is 7.70. The molecule has 0 bridgehead atoms. The van der Waals surface area contributed by atoms with Crippen LogP contribution >= 0.6 is 0 Å². The molecule has 20 heavy (non-hydrogen) atoms. The Bertz CT molecular complexity index is 459. The molecule has 3 heteroatoms. The lowest BCUT2D eigenvalue weighted by molar-refractivity contribution is -0.0438. The van der Waals surface area contributed by atoms with Crippen LogP contribution in [0.2, 0.25) is 0 Å². The van der Waals surface area contributed by atoms with Gasteiger partial charge in [-0.05, 0) is 49.4 Å². The lowest BCUT2D eigenvalue weighted by Gasteiger charge is -2.38. The second kappa shape index (κ2) is 6.70.